The van der Waals surface area contributed by atoms with Gasteiger partial charge in [0.25, 0.3) is 11.7 Å². The van der Waals surface area contributed by atoms with E-state index in [0.717, 1.165) is 10.9 Å². The lowest BCUT2D eigenvalue weighted by Crippen LogP contribution is -2.35. The molecule has 0 saturated carbocycles. The van der Waals surface area contributed by atoms with Crippen molar-refractivity contribution in [1.82, 2.24) is 14.8 Å². The van der Waals surface area contributed by atoms with E-state index in [1.54, 1.807) is 31.5 Å². The molecule has 4 rings (SSSR count). The minimum Gasteiger partial charge on any atom is -0.507 e. The van der Waals surface area contributed by atoms with Gasteiger partial charge in [-0.2, -0.15) is 0 Å². The Labute approximate surface area is 192 Å². The highest BCUT2D eigenvalue weighted by molar-refractivity contribution is 6.46. The summed E-state index contributed by atoms with van der Waals surface area (Å²) in [5, 5.41) is 12.1. The molecule has 0 radical (unpaired) electrons. The van der Waals surface area contributed by atoms with Crippen LogP contribution in [0.2, 0.25) is 0 Å². The maximum absolute atomic E-state index is 13.3. The number of aromatic amines is 1. The Morgan fingerprint density at radius 3 is 2.58 bits per heavy atom. The quantitative estimate of drug-likeness (QED) is 0.327. The van der Waals surface area contributed by atoms with Crippen LogP contribution in [-0.2, 0) is 9.59 Å². The molecule has 0 bridgehead atoms. The molecule has 1 atom stereocenters. The Hall–Kier alpha value is -3.78. The highest BCUT2D eigenvalue weighted by Gasteiger charge is 2.47. The van der Waals surface area contributed by atoms with E-state index in [-0.39, 0.29) is 11.3 Å². The number of para-hydroxylation sites is 1. The van der Waals surface area contributed by atoms with E-state index < -0.39 is 17.7 Å². The molecule has 0 spiro atoms. The molecule has 172 valence electrons. The maximum Gasteiger partial charge on any atom is 0.295 e. The minimum absolute atomic E-state index is 0.0232. The summed E-state index contributed by atoms with van der Waals surface area (Å²) < 4.78 is 11.0. The first-order valence-corrected chi connectivity index (χ1v) is 10.6. The first-order valence-electron chi connectivity index (χ1n) is 10.6. The molecule has 1 saturated heterocycles. The Balaban J connectivity index is 1.95. The fourth-order valence-electron chi connectivity index (χ4n) is 4.21. The van der Waals surface area contributed by atoms with Crippen LogP contribution in [0, 0.1) is 0 Å². The van der Waals surface area contributed by atoms with E-state index in [1.165, 1.54) is 12.0 Å². The zero-order chi connectivity index (χ0) is 23.7. The number of benzene rings is 2. The van der Waals surface area contributed by atoms with Crippen molar-refractivity contribution < 1.29 is 24.2 Å². The number of rotatable bonds is 7. The molecule has 2 heterocycles. The Kier molecular flexibility index (Phi) is 6.11. The van der Waals surface area contributed by atoms with Crippen LogP contribution in [-0.4, -0.2) is 73.0 Å². The number of nitrogens with zero attached hydrogens (tertiary/aromatic N) is 2. The van der Waals surface area contributed by atoms with Gasteiger partial charge in [-0.3, -0.25) is 9.59 Å². The first kappa shape index (κ1) is 22.4. The molecule has 0 aliphatic carbocycles. The molecule has 1 unspecified atom stereocenters. The maximum atomic E-state index is 13.3. The molecule has 33 heavy (non-hydrogen) atoms. The number of fused-ring (bicyclic) bond motifs is 1. The van der Waals surface area contributed by atoms with Gasteiger partial charge >= 0.3 is 0 Å². The molecule has 3 aromatic rings. The number of carbonyl (C=O) groups is 2. The molecule has 8 heteroatoms. The number of hydrogen-bond donors (Lipinski definition) is 2. The van der Waals surface area contributed by atoms with Gasteiger partial charge in [-0.25, -0.2) is 0 Å². The molecule has 1 aliphatic heterocycles. The lowest BCUT2D eigenvalue weighted by molar-refractivity contribution is -0.140. The number of aliphatic hydroxyl groups excluding tert-OH is 1. The van der Waals surface area contributed by atoms with E-state index in [9.17, 15) is 14.7 Å². The molecular formula is C25H27N3O5. The van der Waals surface area contributed by atoms with Crippen molar-refractivity contribution >= 4 is 28.4 Å². The summed E-state index contributed by atoms with van der Waals surface area (Å²) in [4.78, 5) is 32.9. The number of likely N-dealkylation sites (N-methyl/N-ethyl adjacent to an activating group) is 1. The van der Waals surface area contributed by atoms with Gasteiger partial charge in [0.2, 0.25) is 0 Å². The zero-order valence-corrected chi connectivity index (χ0v) is 19.1. The standard InChI is InChI=1S/C25H27N3O5/c1-27(2)11-12-28-22(17-13-15(32-3)9-10-20(17)33-4)21(24(30)25(28)31)23(29)18-14-26-19-8-6-5-7-16(18)19/h5-10,13-14,22,26,29H,11-12H2,1-4H3. The number of aromatic nitrogens is 1. The Morgan fingerprint density at radius 1 is 1.12 bits per heavy atom. The Morgan fingerprint density at radius 2 is 1.88 bits per heavy atom. The van der Waals surface area contributed by atoms with Crippen molar-refractivity contribution in [2.45, 2.75) is 6.04 Å². The summed E-state index contributed by atoms with van der Waals surface area (Å²) in [5.41, 5.74) is 1.87. The average Bonchev–Trinajstić information content (AvgIpc) is 3.36. The number of ether oxygens (including phenoxy) is 2. The number of ketones is 1. The summed E-state index contributed by atoms with van der Waals surface area (Å²) in [6.45, 7) is 0.843. The highest BCUT2D eigenvalue weighted by Crippen LogP contribution is 2.44. The van der Waals surface area contributed by atoms with Crippen LogP contribution < -0.4 is 9.47 Å². The fraction of sp³-hybridized carbons (Fsp3) is 0.280. The first-order chi connectivity index (χ1) is 15.9. The van der Waals surface area contributed by atoms with Crippen molar-refractivity contribution in [2.75, 3.05) is 41.4 Å². The van der Waals surface area contributed by atoms with E-state index in [4.69, 9.17) is 9.47 Å². The summed E-state index contributed by atoms with van der Waals surface area (Å²) in [5.74, 6) is -0.578. The number of carbonyl (C=O) groups excluding carboxylic acids is 2. The highest BCUT2D eigenvalue weighted by atomic mass is 16.5. The third-order valence-corrected chi connectivity index (χ3v) is 5.90. The largest absolute Gasteiger partial charge is 0.507 e. The van der Waals surface area contributed by atoms with E-state index in [0.29, 0.717) is 35.7 Å². The number of hydrogen-bond acceptors (Lipinski definition) is 6. The molecular weight excluding hydrogens is 422 g/mol. The lowest BCUT2D eigenvalue weighted by atomic mass is 9.94. The summed E-state index contributed by atoms with van der Waals surface area (Å²) in [6.07, 6.45) is 1.65. The molecule has 2 aromatic carbocycles. The summed E-state index contributed by atoms with van der Waals surface area (Å²) >= 11 is 0. The lowest BCUT2D eigenvalue weighted by Gasteiger charge is -2.27. The number of amides is 1. The van der Waals surface area contributed by atoms with Gasteiger partial charge in [0.15, 0.2) is 0 Å². The zero-order valence-electron chi connectivity index (χ0n) is 19.1. The van der Waals surface area contributed by atoms with Gasteiger partial charge in [0.05, 0.1) is 25.8 Å². The SMILES string of the molecule is COc1ccc(OC)c(C2C(=C(O)c3c[nH]c4ccccc34)C(=O)C(=O)N2CCN(C)C)c1. The van der Waals surface area contributed by atoms with Crippen LogP contribution in [0.5, 0.6) is 11.5 Å². The van der Waals surface area contributed by atoms with E-state index in [2.05, 4.69) is 4.98 Å². The van der Waals surface area contributed by atoms with Crippen LogP contribution in [0.3, 0.4) is 0 Å². The van der Waals surface area contributed by atoms with Crippen LogP contribution in [0.4, 0.5) is 0 Å². The molecule has 1 aromatic heterocycles. The van der Waals surface area contributed by atoms with Crippen molar-refractivity contribution in [2.24, 2.45) is 0 Å². The van der Waals surface area contributed by atoms with Crippen molar-refractivity contribution in [3.63, 3.8) is 0 Å². The topological polar surface area (TPSA) is 95.1 Å². The number of methoxy groups -OCH3 is 2. The van der Waals surface area contributed by atoms with Gasteiger partial charge in [0.1, 0.15) is 17.3 Å². The number of Topliss-reactive ketones (excluding diaryl/α,β-unsaturated/α-hetero) is 1. The molecule has 1 fully saturated rings. The number of H-pyrrole nitrogens is 1. The van der Waals surface area contributed by atoms with Gasteiger partial charge in [0, 0.05) is 41.3 Å². The summed E-state index contributed by atoms with van der Waals surface area (Å²) in [7, 11) is 6.85. The van der Waals surface area contributed by atoms with Crippen molar-refractivity contribution in [3.8, 4) is 11.5 Å². The predicted octanol–water partition coefficient (Wildman–Crippen LogP) is 3.17. The van der Waals surface area contributed by atoms with Crippen molar-refractivity contribution in [3.05, 3.63) is 65.4 Å². The third-order valence-electron chi connectivity index (χ3n) is 5.90. The van der Waals surface area contributed by atoms with Crippen LogP contribution in [0.25, 0.3) is 16.7 Å². The number of aliphatic hydroxyl groups is 1. The predicted molar refractivity (Wildman–Crippen MR) is 125 cm³/mol. The van der Waals surface area contributed by atoms with Gasteiger partial charge in [-0.05, 0) is 38.4 Å². The second-order valence-corrected chi connectivity index (χ2v) is 8.15. The average molecular weight is 450 g/mol. The van der Waals surface area contributed by atoms with Gasteiger partial charge in [-0.15, -0.1) is 0 Å². The number of nitrogens with one attached hydrogen (secondary N) is 1. The monoisotopic (exact) mass is 449 g/mol. The molecule has 8 nitrogen and oxygen atoms in total. The third kappa shape index (κ3) is 3.93. The number of likely N-dealkylation sites (tertiary alicyclic amines) is 1. The molecule has 1 amide bonds. The van der Waals surface area contributed by atoms with Crippen LogP contribution >= 0.6 is 0 Å². The van der Waals surface area contributed by atoms with Gasteiger partial charge in [-0.1, -0.05) is 18.2 Å². The molecule has 1 aliphatic rings. The second kappa shape index (κ2) is 8.99. The van der Waals surface area contributed by atoms with Crippen molar-refractivity contribution in [1.29, 1.82) is 0 Å². The van der Waals surface area contributed by atoms with Crippen LogP contribution in [0.1, 0.15) is 17.2 Å². The second-order valence-electron chi connectivity index (χ2n) is 8.15. The summed E-state index contributed by atoms with van der Waals surface area (Å²) in [6, 6.07) is 11.8. The van der Waals surface area contributed by atoms with Gasteiger partial charge < -0.3 is 29.4 Å². The van der Waals surface area contributed by atoms with Crippen LogP contribution in [0.15, 0.2) is 54.2 Å². The fourth-order valence-corrected chi connectivity index (χ4v) is 4.21. The smallest absolute Gasteiger partial charge is 0.295 e. The Bertz CT molecular complexity index is 1240. The van der Waals surface area contributed by atoms with E-state index >= 15 is 0 Å². The normalized spacial score (nSPS) is 17.8. The molecule has 2 N–H and O–H groups in total. The minimum atomic E-state index is -0.830. The van der Waals surface area contributed by atoms with E-state index in [1.807, 2.05) is 43.3 Å².